The highest BCUT2D eigenvalue weighted by Gasteiger charge is 2.48. The maximum Gasteiger partial charge on any atom is 0.263 e. The summed E-state index contributed by atoms with van der Waals surface area (Å²) in [5.41, 5.74) is 1.01. The minimum atomic E-state index is -3.88. The highest BCUT2D eigenvalue weighted by Crippen LogP contribution is 2.48. The molecule has 1 fully saturated rings. The Labute approximate surface area is 179 Å². The molecule has 10 heteroatoms. The first-order chi connectivity index (χ1) is 14.6. The molecule has 0 radical (unpaired) electrons. The fraction of sp³-hybridized carbons (Fsp3) is 0.333. The predicted molar refractivity (Wildman–Crippen MR) is 110 cm³/mol. The molecule has 31 heavy (non-hydrogen) atoms. The van der Waals surface area contributed by atoms with Crippen molar-refractivity contribution in [3.05, 3.63) is 54.0 Å². The maximum absolute atomic E-state index is 12.7. The van der Waals surface area contributed by atoms with E-state index in [1.165, 1.54) is 30.3 Å². The van der Waals surface area contributed by atoms with Gasteiger partial charge in [-0.25, -0.2) is 18.4 Å². The van der Waals surface area contributed by atoms with Crippen molar-refractivity contribution < 1.29 is 23.1 Å². The highest BCUT2D eigenvalue weighted by molar-refractivity contribution is 7.92. The Balaban J connectivity index is 1.47. The number of rotatable bonds is 6. The van der Waals surface area contributed by atoms with Crippen molar-refractivity contribution in [1.29, 1.82) is 0 Å². The number of amides is 1. The van der Waals surface area contributed by atoms with Crippen LogP contribution in [0.25, 0.3) is 0 Å². The number of nitrogens with one attached hydrogen (secondary N) is 2. The van der Waals surface area contributed by atoms with Crippen LogP contribution in [0.3, 0.4) is 0 Å². The van der Waals surface area contributed by atoms with E-state index in [2.05, 4.69) is 20.0 Å². The predicted octanol–water partition coefficient (Wildman–Crippen LogP) is 1.02. The van der Waals surface area contributed by atoms with Gasteiger partial charge in [-0.15, -0.1) is 0 Å². The van der Waals surface area contributed by atoms with Gasteiger partial charge < -0.3 is 15.2 Å². The third-order valence-electron chi connectivity index (χ3n) is 5.67. The zero-order chi connectivity index (χ0) is 22.3. The summed E-state index contributed by atoms with van der Waals surface area (Å²) in [5, 5.41) is 14.2. The van der Waals surface area contributed by atoms with Gasteiger partial charge in [-0.3, -0.25) is 9.52 Å². The van der Waals surface area contributed by atoms with Gasteiger partial charge in [0.2, 0.25) is 5.91 Å². The summed E-state index contributed by atoms with van der Waals surface area (Å²) in [6.45, 7) is 3.40. The SMILES string of the molecule is Cc1cc(NS(=O)(=O)c2ccc(NC(=O)[C@@H]3[C@@H](C(=O)[O-])[C@H]4C=C[C@H]3C4)cc2)nc(C)n1. The number of carbonyl (C=O) groups is 2. The first-order valence-corrected chi connectivity index (χ1v) is 11.3. The van der Waals surface area contributed by atoms with Gasteiger partial charge in [-0.1, -0.05) is 12.2 Å². The number of hydrogen-bond donors (Lipinski definition) is 2. The third-order valence-corrected chi connectivity index (χ3v) is 7.04. The van der Waals surface area contributed by atoms with Crippen LogP contribution in [0.1, 0.15) is 17.9 Å². The lowest BCUT2D eigenvalue weighted by atomic mass is 9.82. The van der Waals surface area contributed by atoms with Crippen molar-refractivity contribution in [2.24, 2.45) is 23.7 Å². The van der Waals surface area contributed by atoms with Gasteiger partial charge in [-0.2, -0.15) is 0 Å². The molecule has 1 heterocycles. The van der Waals surface area contributed by atoms with Crippen molar-refractivity contribution in [2.75, 3.05) is 10.0 Å². The summed E-state index contributed by atoms with van der Waals surface area (Å²) in [5.74, 6) is -2.88. The number of allylic oxidation sites excluding steroid dienone is 2. The van der Waals surface area contributed by atoms with Crippen LogP contribution in [-0.2, 0) is 19.6 Å². The first kappa shape index (κ1) is 21.0. The molecule has 9 nitrogen and oxygen atoms in total. The number of carbonyl (C=O) groups excluding carboxylic acids is 2. The largest absolute Gasteiger partial charge is 0.550 e. The van der Waals surface area contributed by atoms with E-state index in [0.29, 0.717) is 23.6 Å². The van der Waals surface area contributed by atoms with Crippen LogP contribution >= 0.6 is 0 Å². The quantitative estimate of drug-likeness (QED) is 0.638. The van der Waals surface area contributed by atoms with E-state index in [9.17, 15) is 23.1 Å². The third kappa shape index (κ3) is 4.15. The van der Waals surface area contributed by atoms with Crippen LogP contribution in [0.2, 0.25) is 0 Å². The molecule has 4 atom stereocenters. The Hall–Kier alpha value is -3.27. The average Bonchev–Trinajstić information content (AvgIpc) is 3.28. The number of sulfonamides is 1. The molecule has 0 aliphatic heterocycles. The van der Waals surface area contributed by atoms with E-state index in [4.69, 9.17) is 0 Å². The Morgan fingerprint density at radius 1 is 1.03 bits per heavy atom. The number of hydrogen-bond acceptors (Lipinski definition) is 7. The van der Waals surface area contributed by atoms with Gasteiger partial charge in [0.1, 0.15) is 11.6 Å². The molecule has 2 bridgehead atoms. The molecule has 2 N–H and O–H groups in total. The molecule has 2 aromatic rings. The van der Waals surface area contributed by atoms with Gasteiger partial charge in [0, 0.05) is 29.3 Å². The normalized spacial score (nSPS) is 24.2. The van der Waals surface area contributed by atoms with Crippen LogP contribution < -0.4 is 15.1 Å². The van der Waals surface area contributed by atoms with Crippen LogP contribution in [-0.4, -0.2) is 30.3 Å². The molecule has 1 saturated carbocycles. The zero-order valence-electron chi connectivity index (χ0n) is 16.9. The topological polar surface area (TPSA) is 141 Å². The van der Waals surface area contributed by atoms with Gasteiger partial charge in [0.15, 0.2) is 0 Å². The summed E-state index contributed by atoms with van der Waals surface area (Å²) in [7, 11) is -3.88. The Morgan fingerprint density at radius 2 is 1.68 bits per heavy atom. The molecule has 0 unspecified atom stereocenters. The van der Waals surface area contributed by atoms with E-state index in [0.717, 1.165) is 0 Å². The Kier molecular flexibility index (Phi) is 5.26. The summed E-state index contributed by atoms with van der Waals surface area (Å²) in [6, 6.07) is 7.15. The molecule has 2 aliphatic carbocycles. The van der Waals surface area contributed by atoms with Crippen LogP contribution in [0.5, 0.6) is 0 Å². The molecule has 1 aromatic carbocycles. The number of nitrogens with zero attached hydrogens (tertiary/aromatic N) is 2. The lowest BCUT2D eigenvalue weighted by molar-refractivity contribution is -0.313. The molecular formula is C21H21N4O5S-. The van der Waals surface area contributed by atoms with Crippen molar-refractivity contribution >= 4 is 33.4 Å². The number of aryl methyl sites for hydroxylation is 2. The standard InChI is InChI=1S/C21H22N4O5S/c1-11-9-17(23-12(2)22-11)25-31(29,30)16-7-5-15(6-8-16)24-20(26)18-13-3-4-14(10-13)19(18)21(27)28/h3-9,13-14,18-19H,10H2,1-2H3,(H,24,26)(H,27,28)(H,22,23,25)/p-1/t13-,14-,18-,19-/m0/s1. The van der Waals surface area contributed by atoms with E-state index in [1.54, 1.807) is 13.8 Å². The Bertz CT molecular complexity index is 1160. The summed E-state index contributed by atoms with van der Waals surface area (Å²) < 4.78 is 27.7. The van der Waals surface area contributed by atoms with E-state index >= 15 is 0 Å². The second-order valence-electron chi connectivity index (χ2n) is 7.88. The number of aromatic nitrogens is 2. The fourth-order valence-electron chi connectivity index (χ4n) is 4.41. The van der Waals surface area contributed by atoms with Gasteiger partial charge in [-0.05, 0) is 56.4 Å². The number of carboxylic acids is 1. The van der Waals surface area contributed by atoms with Crippen molar-refractivity contribution in [3.8, 4) is 0 Å². The number of fused-ring (bicyclic) bond motifs is 2. The second kappa shape index (κ2) is 7.77. The van der Waals surface area contributed by atoms with Gasteiger partial charge >= 0.3 is 0 Å². The maximum atomic E-state index is 12.7. The lowest BCUT2D eigenvalue weighted by Gasteiger charge is -2.27. The first-order valence-electron chi connectivity index (χ1n) is 9.79. The monoisotopic (exact) mass is 441 g/mol. The number of benzene rings is 1. The summed E-state index contributed by atoms with van der Waals surface area (Å²) in [4.78, 5) is 32.4. The fourth-order valence-corrected chi connectivity index (χ4v) is 5.40. The zero-order valence-corrected chi connectivity index (χ0v) is 17.7. The molecular weight excluding hydrogens is 420 g/mol. The highest BCUT2D eigenvalue weighted by atomic mass is 32.2. The van der Waals surface area contributed by atoms with Crippen molar-refractivity contribution in [2.45, 2.75) is 25.2 Å². The van der Waals surface area contributed by atoms with E-state index in [-0.39, 0.29) is 22.5 Å². The van der Waals surface area contributed by atoms with Gasteiger partial charge in [0.25, 0.3) is 10.0 Å². The van der Waals surface area contributed by atoms with E-state index < -0.39 is 33.7 Å². The molecule has 2 aliphatic rings. The molecule has 0 spiro atoms. The average molecular weight is 441 g/mol. The number of anilines is 2. The van der Waals surface area contributed by atoms with Crippen LogP contribution in [0.4, 0.5) is 11.5 Å². The summed E-state index contributed by atoms with van der Waals surface area (Å²) in [6.07, 6.45) is 4.34. The second-order valence-corrected chi connectivity index (χ2v) is 9.56. The molecule has 162 valence electrons. The smallest absolute Gasteiger partial charge is 0.263 e. The number of aliphatic carboxylic acids is 1. The molecule has 1 amide bonds. The van der Waals surface area contributed by atoms with Crippen LogP contribution in [0, 0.1) is 37.5 Å². The van der Waals surface area contributed by atoms with Crippen molar-refractivity contribution in [1.82, 2.24) is 9.97 Å². The molecule has 0 saturated heterocycles. The lowest BCUT2D eigenvalue weighted by Crippen LogP contribution is -2.42. The molecule has 4 rings (SSSR count). The van der Waals surface area contributed by atoms with Crippen LogP contribution in [0.15, 0.2) is 47.4 Å². The Morgan fingerprint density at radius 3 is 2.29 bits per heavy atom. The summed E-state index contributed by atoms with van der Waals surface area (Å²) >= 11 is 0. The minimum absolute atomic E-state index is 0.00473. The number of carboxylic acid groups (broad SMARTS) is 1. The minimum Gasteiger partial charge on any atom is -0.550 e. The van der Waals surface area contributed by atoms with Gasteiger partial charge in [0.05, 0.1) is 10.8 Å². The van der Waals surface area contributed by atoms with Crippen molar-refractivity contribution in [3.63, 3.8) is 0 Å². The van der Waals surface area contributed by atoms with E-state index in [1.807, 2.05) is 12.2 Å². The molecule has 1 aromatic heterocycles.